The summed E-state index contributed by atoms with van der Waals surface area (Å²) < 4.78 is 5.83. The Hall–Kier alpha value is -1.02. The van der Waals surface area contributed by atoms with E-state index >= 15 is 0 Å². The van der Waals surface area contributed by atoms with Gasteiger partial charge in [0.15, 0.2) is 0 Å². The number of hydrogen-bond donors (Lipinski definition) is 1. The molecule has 1 aliphatic rings. The van der Waals surface area contributed by atoms with Crippen LogP contribution in [-0.4, -0.2) is 17.8 Å². The van der Waals surface area contributed by atoms with Gasteiger partial charge in [-0.2, -0.15) is 0 Å². The standard InChI is InChI=1S/C15H22O2/c1-3-4-9-17-15-8-6-5-7-12(15)14-10-13(14)11(2)16/h5-8,11,13-14,16H,3-4,9-10H2,1-2H3. The monoisotopic (exact) mass is 234 g/mol. The number of benzene rings is 1. The topological polar surface area (TPSA) is 29.5 Å². The van der Waals surface area contributed by atoms with E-state index in [2.05, 4.69) is 19.1 Å². The number of rotatable bonds is 6. The van der Waals surface area contributed by atoms with Crippen molar-refractivity contribution in [1.82, 2.24) is 0 Å². The molecule has 0 amide bonds. The fourth-order valence-electron chi connectivity index (χ4n) is 2.35. The molecule has 3 unspecified atom stereocenters. The van der Waals surface area contributed by atoms with Crippen LogP contribution in [0.2, 0.25) is 0 Å². The molecule has 3 atom stereocenters. The Morgan fingerprint density at radius 2 is 2.18 bits per heavy atom. The average Bonchev–Trinajstić information content (AvgIpc) is 3.10. The molecule has 1 fully saturated rings. The van der Waals surface area contributed by atoms with E-state index in [1.807, 2.05) is 19.1 Å². The molecule has 2 nitrogen and oxygen atoms in total. The molecule has 1 aromatic rings. The lowest BCUT2D eigenvalue weighted by Gasteiger charge is -2.11. The van der Waals surface area contributed by atoms with Gasteiger partial charge in [-0.15, -0.1) is 0 Å². The molecule has 1 aliphatic carbocycles. The summed E-state index contributed by atoms with van der Waals surface area (Å²) in [7, 11) is 0. The third-order valence-corrected chi connectivity index (χ3v) is 3.53. The van der Waals surface area contributed by atoms with Crippen LogP contribution in [-0.2, 0) is 0 Å². The average molecular weight is 234 g/mol. The Kier molecular flexibility index (Phi) is 4.06. The molecule has 0 spiro atoms. The van der Waals surface area contributed by atoms with Gasteiger partial charge in [0.05, 0.1) is 12.7 Å². The van der Waals surface area contributed by atoms with Crippen molar-refractivity contribution in [2.75, 3.05) is 6.61 Å². The highest BCUT2D eigenvalue weighted by atomic mass is 16.5. The zero-order valence-electron chi connectivity index (χ0n) is 10.7. The van der Waals surface area contributed by atoms with Crippen molar-refractivity contribution in [2.24, 2.45) is 5.92 Å². The fourth-order valence-corrected chi connectivity index (χ4v) is 2.35. The maximum Gasteiger partial charge on any atom is 0.122 e. The highest BCUT2D eigenvalue weighted by molar-refractivity contribution is 5.39. The van der Waals surface area contributed by atoms with Gasteiger partial charge in [-0.1, -0.05) is 31.5 Å². The van der Waals surface area contributed by atoms with Crippen LogP contribution in [0.25, 0.3) is 0 Å². The van der Waals surface area contributed by atoms with Crippen LogP contribution in [0.3, 0.4) is 0 Å². The molecule has 0 heterocycles. The molecular formula is C15H22O2. The van der Waals surface area contributed by atoms with Gasteiger partial charge in [0.25, 0.3) is 0 Å². The number of unbranched alkanes of at least 4 members (excludes halogenated alkanes) is 1. The molecule has 2 rings (SSSR count). The fraction of sp³-hybridized carbons (Fsp3) is 0.600. The van der Waals surface area contributed by atoms with Gasteiger partial charge in [0.2, 0.25) is 0 Å². The van der Waals surface area contributed by atoms with Crippen molar-refractivity contribution in [2.45, 2.75) is 45.1 Å². The van der Waals surface area contributed by atoms with Crippen LogP contribution in [0.1, 0.15) is 44.6 Å². The van der Waals surface area contributed by atoms with Crippen LogP contribution in [0.15, 0.2) is 24.3 Å². The molecule has 0 bridgehead atoms. The first kappa shape index (κ1) is 12.4. The van der Waals surface area contributed by atoms with Gasteiger partial charge in [-0.3, -0.25) is 0 Å². The van der Waals surface area contributed by atoms with Crippen LogP contribution in [0.4, 0.5) is 0 Å². The smallest absolute Gasteiger partial charge is 0.122 e. The Morgan fingerprint density at radius 3 is 2.82 bits per heavy atom. The van der Waals surface area contributed by atoms with E-state index in [0.29, 0.717) is 11.8 Å². The first-order valence-corrected chi connectivity index (χ1v) is 6.63. The summed E-state index contributed by atoms with van der Waals surface area (Å²) in [6.45, 7) is 4.84. The van der Waals surface area contributed by atoms with Crippen molar-refractivity contribution in [1.29, 1.82) is 0 Å². The number of aliphatic hydroxyl groups excluding tert-OH is 1. The molecule has 94 valence electrons. The van der Waals surface area contributed by atoms with Crippen molar-refractivity contribution in [3.63, 3.8) is 0 Å². The van der Waals surface area contributed by atoms with E-state index in [1.54, 1.807) is 0 Å². The number of ether oxygens (including phenoxy) is 1. The molecule has 1 N–H and O–H groups in total. The van der Waals surface area contributed by atoms with Gasteiger partial charge >= 0.3 is 0 Å². The molecule has 2 heteroatoms. The van der Waals surface area contributed by atoms with E-state index in [-0.39, 0.29) is 6.10 Å². The largest absolute Gasteiger partial charge is 0.493 e. The summed E-state index contributed by atoms with van der Waals surface area (Å²) >= 11 is 0. The molecule has 0 aliphatic heterocycles. The van der Waals surface area contributed by atoms with Crippen molar-refractivity contribution in [3.05, 3.63) is 29.8 Å². The Bertz CT molecular complexity index is 360. The second-order valence-electron chi connectivity index (χ2n) is 4.99. The summed E-state index contributed by atoms with van der Waals surface area (Å²) in [5, 5.41) is 9.59. The minimum atomic E-state index is -0.205. The Labute approximate surface area is 104 Å². The third kappa shape index (κ3) is 3.01. The first-order chi connectivity index (χ1) is 8.24. The van der Waals surface area contributed by atoms with Gasteiger partial charge < -0.3 is 9.84 Å². The third-order valence-electron chi connectivity index (χ3n) is 3.53. The zero-order valence-corrected chi connectivity index (χ0v) is 10.7. The van der Waals surface area contributed by atoms with Gasteiger partial charge in [-0.05, 0) is 43.2 Å². The lowest BCUT2D eigenvalue weighted by molar-refractivity contribution is 0.168. The molecule has 0 radical (unpaired) electrons. The minimum absolute atomic E-state index is 0.205. The van der Waals surface area contributed by atoms with Crippen molar-refractivity contribution >= 4 is 0 Å². The predicted molar refractivity (Wildman–Crippen MR) is 69.4 cm³/mol. The summed E-state index contributed by atoms with van der Waals surface area (Å²) in [5.74, 6) is 1.92. The van der Waals surface area contributed by atoms with Gasteiger partial charge in [0, 0.05) is 0 Å². The number of aliphatic hydroxyl groups is 1. The SMILES string of the molecule is CCCCOc1ccccc1C1CC1C(C)O. The predicted octanol–water partition coefficient (Wildman–Crippen LogP) is 3.35. The van der Waals surface area contributed by atoms with Crippen molar-refractivity contribution < 1.29 is 9.84 Å². The van der Waals surface area contributed by atoms with Crippen LogP contribution in [0, 0.1) is 5.92 Å². The summed E-state index contributed by atoms with van der Waals surface area (Å²) in [6, 6.07) is 8.25. The summed E-state index contributed by atoms with van der Waals surface area (Å²) in [4.78, 5) is 0. The maximum absolute atomic E-state index is 9.59. The zero-order chi connectivity index (χ0) is 12.3. The van der Waals surface area contributed by atoms with E-state index in [4.69, 9.17) is 4.74 Å². The normalized spacial score (nSPS) is 24.4. The molecule has 0 saturated heterocycles. The highest BCUT2D eigenvalue weighted by Crippen LogP contribution is 2.51. The molecule has 0 aromatic heterocycles. The van der Waals surface area contributed by atoms with E-state index < -0.39 is 0 Å². The van der Waals surface area contributed by atoms with Gasteiger partial charge in [-0.25, -0.2) is 0 Å². The minimum Gasteiger partial charge on any atom is -0.493 e. The summed E-state index contributed by atoms with van der Waals surface area (Å²) in [6.07, 6.45) is 3.13. The molecular weight excluding hydrogens is 212 g/mol. The lowest BCUT2D eigenvalue weighted by atomic mass is 10.1. The highest BCUT2D eigenvalue weighted by Gasteiger charge is 2.42. The second-order valence-corrected chi connectivity index (χ2v) is 4.99. The molecule has 1 aromatic carbocycles. The van der Waals surface area contributed by atoms with Crippen LogP contribution >= 0.6 is 0 Å². The lowest BCUT2D eigenvalue weighted by Crippen LogP contribution is -2.05. The van der Waals surface area contributed by atoms with E-state index in [0.717, 1.165) is 31.6 Å². The molecule has 1 saturated carbocycles. The van der Waals surface area contributed by atoms with E-state index in [1.165, 1.54) is 5.56 Å². The second kappa shape index (κ2) is 5.54. The maximum atomic E-state index is 9.59. The Morgan fingerprint density at radius 1 is 1.41 bits per heavy atom. The van der Waals surface area contributed by atoms with Crippen LogP contribution < -0.4 is 4.74 Å². The number of para-hydroxylation sites is 1. The quantitative estimate of drug-likeness (QED) is 0.765. The Balaban J connectivity index is 2.02. The molecule has 17 heavy (non-hydrogen) atoms. The number of hydrogen-bond acceptors (Lipinski definition) is 2. The van der Waals surface area contributed by atoms with E-state index in [9.17, 15) is 5.11 Å². The first-order valence-electron chi connectivity index (χ1n) is 6.63. The van der Waals surface area contributed by atoms with Gasteiger partial charge in [0.1, 0.15) is 5.75 Å². The summed E-state index contributed by atoms with van der Waals surface area (Å²) in [5.41, 5.74) is 1.27. The van der Waals surface area contributed by atoms with Crippen LogP contribution in [0.5, 0.6) is 5.75 Å². The van der Waals surface area contributed by atoms with Crippen molar-refractivity contribution in [3.8, 4) is 5.75 Å².